The molecule has 1 heterocycles. The molecule has 3 rings (SSSR count). The van der Waals surface area contributed by atoms with E-state index in [0.29, 0.717) is 0 Å². The first kappa shape index (κ1) is 8.81. The van der Waals surface area contributed by atoms with Crippen molar-refractivity contribution in [3.8, 4) is 11.5 Å². The quantitative estimate of drug-likeness (QED) is 0.551. The summed E-state index contributed by atoms with van der Waals surface area (Å²) in [5, 5.41) is 0.780. The standard InChI is InChI=1S/C13H9ClO/c14-11-5-3-7-13-10(11)8-9-4-1-2-6-12(9)15-13/h1-7H,8H2. The lowest BCUT2D eigenvalue weighted by Crippen LogP contribution is -2.02. The van der Waals surface area contributed by atoms with Gasteiger partial charge in [0.25, 0.3) is 0 Å². The normalized spacial score (nSPS) is 12.6. The fourth-order valence-corrected chi connectivity index (χ4v) is 2.10. The lowest BCUT2D eigenvalue weighted by atomic mass is 10.0. The summed E-state index contributed by atoms with van der Waals surface area (Å²) in [5.74, 6) is 1.81. The largest absolute Gasteiger partial charge is 0.457 e. The Morgan fingerprint density at radius 2 is 1.73 bits per heavy atom. The van der Waals surface area contributed by atoms with Crippen molar-refractivity contribution in [2.45, 2.75) is 6.42 Å². The maximum atomic E-state index is 6.13. The number of para-hydroxylation sites is 1. The number of benzene rings is 2. The van der Waals surface area contributed by atoms with Crippen LogP contribution in [-0.2, 0) is 6.42 Å². The number of fused-ring (bicyclic) bond motifs is 2. The van der Waals surface area contributed by atoms with Crippen LogP contribution in [0.3, 0.4) is 0 Å². The topological polar surface area (TPSA) is 9.23 Å². The van der Waals surface area contributed by atoms with Crippen molar-refractivity contribution in [2.24, 2.45) is 0 Å². The molecule has 0 atom stereocenters. The highest BCUT2D eigenvalue weighted by Crippen LogP contribution is 2.39. The predicted molar refractivity (Wildman–Crippen MR) is 60.8 cm³/mol. The van der Waals surface area contributed by atoms with E-state index in [1.54, 1.807) is 0 Å². The van der Waals surface area contributed by atoms with E-state index in [4.69, 9.17) is 16.3 Å². The van der Waals surface area contributed by atoms with Crippen LogP contribution in [0.25, 0.3) is 0 Å². The van der Waals surface area contributed by atoms with Gasteiger partial charge in [-0.1, -0.05) is 35.9 Å². The molecule has 0 fully saturated rings. The van der Waals surface area contributed by atoms with Gasteiger partial charge in [-0.3, -0.25) is 0 Å². The molecule has 15 heavy (non-hydrogen) atoms. The third kappa shape index (κ3) is 1.40. The Morgan fingerprint density at radius 3 is 2.67 bits per heavy atom. The molecule has 2 aromatic carbocycles. The van der Waals surface area contributed by atoms with E-state index in [1.165, 1.54) is 5.56 Å². The molecule has 0 saturated carbocycles. The van der Waals surface area contributed by atoms with E-state index in [0.717, 1.165) is 28.5 Å². The average Bonchev–Trinajstić information content (AvgIpc) is 2.27. The zero-order valence-corrected chi connectivity index (χ0v) is 8.79. The second-order valence-corrected chi connectivity index (χ2v) is 4.01. The minimum atomic E-state index is 0.780. The molecule has 1 nitrogen and oxygen atoms in total. The molecular formula is C13H9ClO. The molecular weight excluding hydrogens is 208 g/mol. The third-order valence-electron chi connectivity index (χ3n) is 2.64. The van der Waals surface area contributed by atoms with Gasteiger partial charge in [0.05, 0.1) is 0 Å². The maximum absolute atomic E-state index is 6.13. The van der Waals surface area contributed by atoms with Crippen LogP contribution < -0.4 is 4.74 Å². The molecule has 2 heteroatoms. The van der Waals surface area contributed by atoms with Crippen molar-refractivity contribution in [3.63, 3.8) is 0 Å². The molecule has 0 amide bonds. The zero-order chi connectivity index (χ0) is 10.3. The Morgan fingerprint density at radius 1 is 0.933 bits per heavy atom. The first-order valence-corrected chi connectivity index (χ1v) is 5.25. The molecule has 74 valence electrons. The molecule has 0 aromatic heterocycles. The summed E-state index contributed by atoms with van der Waals surface area (Å²) in [6.07, 6.45) is 0.852. The molecule has 0 bridgehead atoms. The summed E-state index contributed by atoms with van der Waals surface area (Å²) < 4.78 is 5.77. The highest BCUT2D eigenvalue weighted by atomic mass is 35.5. The summed E-state index contributed by atoms with van der Waals surface area (Å²) in [5.41, 5.74) is 2.27. The Kier molecular flexibility index (Phi) is 1.93. The monoisotopic (exact) mass is 216 g/mol. The molecule has 2 aromatic rings. The minimum Gasteiger partial charge on any atom is -0.457 e. The van der Waals surface area contributed by atoms with E-state index in [9.17, 15) is 0 Å². The van der Waals surface area contributed by atoms with Crippen LogP contribution in [0.2, 0.25) is 5.02 Å². The van der Waals surface area contributed by atoms with E-state index >= 15 is 0 Å². The molecule has 0 aliphatic carbocycles. The maximum Gasteiger partial charge on any atom is 0.132 e. The van der Waals surface area contributed by atoms with E-state index in [-0.39, 0.29) is 0 Å². The highest BCUT2D eigenvalue weighted by Gasteiger charge is 2.17. The van der Waals surface area contributed by atoms with Gasteiger partial charge < -0.3 is 4.74 Å². The number of rotatable bonds is 0. The Hall–Kier alpha value is -1.47. The first-order valence-electron chi connectivity index (χ1n) is 4.88. The number of hydrogen-bond acceptors (Lipinski definition) is 1. The van der Waals surface area contributed by atoms with Gasteiger partial charge in [0, 0.05) is 17.0 Å². The van der Waals surface area contributed by atoms with Crippen LogP contribution in [0.5, 0.6) is 11.5 Å². The van der Waals surface area contributed by atoms with Crippen LogP contribution in [-0.4, -0.2) is 0 Å². The van der Waals surface area contributed by atoms with Gasteiger partial charge >= 0.3 is 0 Å². The van der Waals surface area contributed by atoms with Crippen LogP contribution in [0.15, 0.2) is 42.5 Å². The molecule has 0 N–H and O–H groups in total. The smallest absolute Gasteiger partial charge is 0.132 e. The summed E-state index contributed by atoms with van der Waals surface area (Å²) in [6, 6.07) is 13.8. The van der Waals surface area contributed by atoms with E-state index in [2.05, 4.69) is 6.07 Å². The van der Waals surface area contributed by atoms with Crippen LogP contribution in [0, 0.1) is 0 Å². The van der Waals surface area contributed by atoms with Gasteiger partial charge in [0.15, 0.2) is 0 Å². The van der Waals surface area contributed by atoms with E-state index < -0.39 is 0 Å². The molecule has 0 radical (unpaired) electrons. The predicted octanol–water partition coefficient (Wildman–Crippen LogP) is 4.04. The summed E-state index contributed by atoms with van der Waals surface area (Å²) >= 11 is 6.13. The van der Waals surface area contributed by atoms with E-state index in [1.807, 2.05) is 36.4 Å². The minimum absolute atomic E-state index is 0.780. The third-order valence-corrected chi connectivity index (χ3v) is 2.99. The lowest BCUT2D eigenvalue weighted by Gasteiger charge is -2.20. The summed E-state index contributed by atoms with van der Waals surface area (Å²) in [4.78, 5) is 0. The second kappa shape index (κ2) is 3.28. The average molecular weight is 217 g/mol. The van der Waals surface area contributed by atoms with Gasteiger partial charge in [0.2, 0.25) is 0 Å². The van der Waals surface area contributed by atoms with Gasteiger partial charge in [-0.25, -0.2) is 0 Å². The van der Waals surface area contributed by atoms with Gasteiger partial charge in [0.1, 0.15) is 11.5 Å². The van der Waals surface area contributed by atoms with Gasteiger partial charge in [-0.05, 0) is 23.8 Å². The fraction of sp³-hybridized carbons (Fsp3) is 0.0769. The first-order chi connectivity index (χ1) is 7.34. The molecule has 0 spiro atoms. The summed E-state index contributed by atoms with van der Waals surface area (Å²) in [7, 11) is 0. The van der Waals surface area contributed by atoms with Crippen molar-refractivity contribution in [1.29, 1.82) is 0 Å². The summed E-state index contributed by atoms with van der Waals surface area (Å²) in [6.45, 7) is 0. The Bertz CT molecular complexity index is 520. The van der Waals surface area contributed by atoms with Crippen molar-refractivity contribution < 1.29 is 4.74 Å². The molecule has 0 saturated heterocycles. The lowest BCUT2D eigenvalue weighted by molar-refractivity contribution is 0.460. The highest BCUT2D eigenvalue weighted by molar-refractivity contribution is 6.31. The van der Waals surface area contributed by atoms with Gasteiger partial charge in [-0.15, -0.1) is 0 Å². The molecule has 1 aliphatic rings. The SMILES string of the molecule is Clc1cccc2c1Cc1ccccc1O2. The van der Waals surface area contributed by atoms with Crippen molar-refractivity contribution in [1.82, 2.24) is 0 Å². The van der Waals surface area contributed by atoms with Crippen LogP contribution >= 0.6 is 11.6 Å². The van der Waals surface area contributed by atoms with Crippen molar-refractivity contribution in [2.75, 3.05) is 0 Å². The molecule has 0 unspecified atom stereocenters. The Labute approximate surface area is 93.3 Å². The number of halogens is 1. The Balaban J connectivity index is 2.15. The zero-order valence-electron chi connectivity index (χ0n) is 8.03. The molecule has 1 aliphatic heterocycles. The van der Waals surface area contributed by atoms with Gasteiger partial charge in [-0.2, -0.15) is 0 Å². The fourth-order valence-electron chi connectivity index (χ4n) is 1.86. The second-order valence-electron chi connectivity index (χ2n) is 3.60. The van der Waals surface area contributed by atoms with Crippen LogP contribution in [0.1, 0.15) is 11.1 Å². The van der Waals surface area contributed by atoms with Crippen LogP contribution in [0.4, 0.5) is 0 Å². The van der Waals surface area contributed by atoms with Crippen molar-refractivity contribution >= 4 is 11.6 Å². The number of hydrogen-bond donors (Lipinski definition) is 0. The van der Waals surface area contributed by atoms with Crippen molar-refractivity contribution in [3.05, 3.63) is 58.6 Å². The number of ether oxygens (including phenoxy) is 1.